The normalized spacial score (nSPS) is 14.3. The van der Waals surface area contributed by atoms with Crippen molar-refractivity contribution in [3.63, 3.8) is 0 Å². The minimum Gasteiger partial charge on any atom is -0.490 e. The summed E-state index contributed by atoms with van der Waals surface area (Å²) in [5.41, 5.74) is 4.55. The number of benzene rings is 3. The highest BCUT2D eigenvalue weighted by Crippen LogP contribution is 2.39. The maximum atomic E-state index is 13.0. The lowest BCUT2D eigenvalue weighted by atomic mass is 10.1. The van der Waals surface area contributed by atoms with Gasteiger partial charge in [0.15, 0.2) is 15.8 Å². The maximum Gasteiger partial charge on any atom is 0.285 e. The monoisotopic (exact) mass is 636 g/mol. The number of amides is 2. The van der Waals surface area contributed by atoms with Gasteiger partial charge in [0.05, 0.1) is 16.0 Å². The van der Waals surface area contributed by atoms with Gasteiger partial charge in [0.1, 0.15) is 6.61 Å². The van der Waals surface area contributed by atoms with E-state index in [2.05, 4.69) is 21.4 Å². The topological polar surface area (TPSA) is 67.9 Å². The first-order valence-electron chi connectivity index (χ1n) is 10.9. The van der Waals surface area contributed by atoms with Gasteiger partial charge in [-0.1, -0.05) is 47.1 Å². The van der Waals surface area contributed by atoms with Gasteiger partial charge >= 0.3 is 0 Å². The van der Waals surface area contributed by atoms with E-state index in [1.165, 1.54) is 0 Å². The number of carbonyl (C=O) groups excluding carboxylic acids is 2. The molecule has 0 aliphatic carbocycles. The van der Waals surface area contributed by atoms with Crippen LogP contribution in [0.2, 0.25) is 10.0 Å². The molecule has 2 amide bonds. The van der Waals surface area contributed by atoms with Crippen LogP contribution < -0.4 is 14.9 Å². The molecule has 0 atom stereocenters. The summed E-state index contributed by atoms with van der Waals surface area (Å²) in [6, 6.07) is 17.3. The number of halogens is 3. The predicted molar refractivity (Wildman–Crippen MR) is 155 cm³/mol. The summed E-state index contributed by atoms with van der Waals surface area (Å²) in [6.45, 7) is 2.62. The summed E-state index contributed by atoms with van der Waals surface area (Å²) in [5, 5.41) is 2.22. The fourth-order valence-corrected chi connectivity index (χ4v) is 5.30. The highest BCUT2D eigenvalue weighted by molar-refractivity contribution is 9.10. The van der Waals surface area contributed by atoms with Gasteiger partial charge in [-0.05, 0) is 101 Å². The minimum absolute atomic E-state index is 0.213. The second-order valence-corrected chi connectivity index (χ2v) is 11.0. The van der Waals surface area contributed by atoms with Crippen LogP contribution in [0.1, 0.15) is 28.4 Å². The Kier molecular flexibility index (Phi) is 9.15. The third kappa shape index (κ3) is 6.86. The molecule has 0 spiro atoms. The van der Waals surface area contributed by atoms with Crippen LogP contribution in [-0.2, 0) is 11.4 Å². The largest absolute Gasteiger partial charge is 0.490 e. The number of nitrogens with one attached hydrogen (secondary N) is 1. The lowest BCUT2D eigenvalue weighted by Gasteiger charge is -2.16. The Labute approximate surface area is 242 Å². The van der Waals surface area contributed by atoms with Crippen molar-refractivity contribution in [3.05, 3.63) is 96.8 Å². The number of nitrogens with zero attached hydrogens (tertiary/aromatic N) is 1. The molecular formula is C26H19BrCl2N2O4S2. The molecule has 1 N–H and O–H groups in total. The van der Waals surface area contributed by atoms with Crippen LogP contribution in [0.15, 0.2) is 70.0 Å². The van der Waals surface area contributed by atoms with E-state index < -0.39 is 11.8 Å². The van der Waals surface area contributed by atoms with E-state index in [9.17, 15) is 9.59 Å². The van der Waals surface area contributed by atoms with Crippen LogP contribution in [0.3, 0.4) is 0 Å². The molecule has 3 aromatic carbocycles. The molecule has 190 valence electrons. The molecule has 0 aromatic heterocycles. The molecule has 0 saturated carbocycles. The standard InChI is InChI=1S/C26H19BrCl2N2O4S2/c1-2-34-21-12-16(11-20(27)23(21)35-14-15-3-7-18(28)8-4-15)13-22-25(33)31(26(36)37-22)30-24(32)17-5-9-19(29)10-6-17/h3-13H,2,14H2,1H3,(H,30,32)/b22-13+. The van der Waals surface area contributed by atoms with Crippen LogP contribution in [0.25, 0.3) is 6.08 Å². The van der Waals surface area contributed by atoms with Crippen molar-refractivity contribution in [2.45, 2.75) is 13.5 Å². The van der Waals surface area contributed by atoms with Crippen LogP contribution in [0, 0.1) is 0 Å². The quantitative estimate of drug-likeness (QED) is 0.207. The second kappa shape index (κ2) is 12.3. The Morgan fingerprint density at radius 3 is 2.38 bits per heavy atom. The van der Waals surface area contributed by atoms with Crippen molar-refractivity contribution >= 4 is 85.3 Å². The number of ether oxygens (including phenoxy) is 2. The number of thiocarbonyl (C=S) groups is 1. The lowest BCUT2D eigenvalue weighted by Crippen LogP contribution is -2.44. The molecule has 6 nitrogen and oxygen atoms in total. The molecule has 3 aromatic rings. The molecule has 0 radical (unpaired) electrons. The molecule has 11 heteroatoms. The zero-order valence-corrected chi connectivity index (χ0v) is 24.0. The number of carbonyl (C=O) groups is 2. The van der Waals surface area contributed by atoms with Crippen LogP contribution >= 0.6 is 63.1 Å². The van der Waals surface area contributed by atoms with Gasteiger partial charge in [-0.2, -0.15) is 5.01 Å². The van der Waals surface area contributed by atoms with E-state index >= 15 is 0 Å². The first kappa shape index (κ1) is 27.5. The van der Waals surface area contributed by atoms with E-state index in [0.29, 0.717) is 55.3 Å². The van der Waals surface area contributed by atoms with Crippen molar-refractivity contribution in [2.24, 2.45) is 0 Å². The Bertz CT molecular complexity index is 1380. The van der Waals surface area contributed by atoms with Crippen molar-refractivity contribution in [2.75, 3.05) is 6.61 Å². The van der Waals surface area contributed by atoms with Gasteiger partial charge < -0.3 is 9.47 Å². The second-order valence-electron chi connectivity index (χ2n) is 7.64. The fraction of sp³-hybridized carbons (Fsp3) is 0.115. The van der Waals surface area contributed by atoms with Gasteiger partial charge in [-0.25, -0.2) is 0 Å². The molecule has 37 heavy (non-hydrogen) atoms. The van der Waals surface area contributed by atoms with Gasteiger partial charge in [0.2, 0.25) is 0 Å². The van der Waals surface area contributed by atoms with Crippen LogP contribution in [0.4, 0.5) is 0 Å². The first-order chi connectivity index (χ1) is 17.7. The number of hydrogen-bond acceptors (Lipinski definition) is 6. The summed E-state index contributed by atoms with van der Waals surface area (Å²) in [4.78, 5) is 25.9. The SMILES string of the molecule is CCOc1cc(/C=C2/SC(=S)N(NC(=O)c3ccc(Cl)cc3)C2=O)cc(Br)c1OCc1ccc(Cl)cc1. The lowest BCUT2D eigenvalue weighted by molar-refractivity contribution is -0.123. The third-order valence-corrected chi connectivity index (χ3v) is 7.43. The van der Waals surface area contributed by atoms with Gasteiger partial charge in [0, 0.05) is 15.6 Å². The van der Waals surface area contributed by atoms with Crippen molar-refractivity contribution in [3.8, 4) is 11.5 Å². The summed E-state index contributed by atoms with van der Waals surface area (Å²) in [7, 11) is 0. The summed E-state index contributed by atoms with van der Waals surface area (Å²) in [6.07, 6.45) is 1.68. The Morgan fingerprint density at radius 1 is 1.08 bits per heavy atom. The van der Waals surface area contributed by atoms with Crippen LogP contribution in [0.5, 0.6) is 11.5 Å². The Morgan fingerprint density at radius 2 is 1.73 bits per heavy atom. The molecule has 4 rings (SSSR count). The molecule has 0 bridgehead atoms. The highest BCUT2D eigenvalue weighted by Gasteiger charge is 2.34. The predicted octanol–water partition coefficient (Wildman–Crippen LogP) is 7.28. The third-order valence-electron chi connectivity index (χ3n) is 5.04. The van der Waals surface area contributed by atoms with E-state index in [4.69, 9.17) is 44.9 Å². The van der Waals surface area contributed by atoms with E-state index in [1.54, 1.807) is 48.5 Å². The number of hydrazine groups is 1. The van der Waals surface area contributed by atoms with Gasteiger partial charge in [0.25, 0.3) is 11.8 Å². The highest BCUT2D eigenvalue weighted by atomic mass is 79.9. The summed E-state index contributed by atoms with van der Waals surface area (Å²) >= 11 is 21.8. The maximum absolute atomic E-state index is 13.0. The van der Waals surface area contributed by atoms with Crippen molar-refractivity contribution in [1.29, 1.82) is 0 Å². The van der Waals surface area contributed by atoms with E-state index in [0.717, 1.165) is 22.3 Å². The molecule has 1 heterocycles. The van der Waals surface area contributed by atoms with Crippen molar-refractivity contribution < 1.29 is 19.1 Å². The first-order valence-corrected chi connectivity index (χ1v) is 13.7. The average molecular weight is 638 g/mol. The smallest absolute Gasteiger partial charge is 0.285 e. The molecule has 1 fully saturated rings. The molecular weight excluding hydrogens is 619 g/mol. The zero-order chi connectivity index (χ0) is 26.5. The van der Waals surface area contributed by atoms with Crippen LogP contribution in [-0.4, -0.2) is 27.8 Å². The molecule has 1 aliphatic heterocycles. The van der Waals surface area contributed by atoms with E-state index in [-0.39, 0.29) is 4.32 Å². The molecule has 1 saturated heterocycles. The zero-order valence-electron chi connectivity index (χ0n) is 19.3. The summed E-state index contributed by atoms with van der Waals surface area (Å²) in [5.74, 6) is 0.146. The molecule has 1 aliphatic rings. The van der Waals surface area contributed by atoms with Crippen molar-refractivity contribution in [1.82, 2.24) is 10.4 Å². The average Bonchev–Trinajstić information content (AvgIpc) is 3.12. The summed E-state index contributed by atoms with van der Waals surface area (Å²) < 4.78 is 12.7. The Hall–Kier alpha value is -2.56. The Balaban J connectivity index is 1.52. The number of hydrogen-bond donors (Lipinski definition) is 1. The minimum atomic E-state index is -0.474. The number of rotatable bonds is 8. The van der Waals surface area contributed by atoms with Gasteiger partial charge in [-0.15, -0.1) is 0 Å². The number of thioether (sulfide) groups is 1. The fourth-order valence-electron chi connectivity index (χ4n) is 3.29. The molecule has 0 unspecified atom stereocenters. The van der Waals surface area contributed by atoms with E-state index in [1.807, 2.05) is 25.1 Å². The van der Waals surface area contributed by atoms with Gasteiger partial charge in [-0.3, -0.25) is 15.0 Å².